The van der Waals surface area contributed by atoms with Crippen molar-refractivity contribution in [3.05, 3.63) is 76.0 Å². The second kappa shape index (κ2) is 14.5. The summed E-state index contributed by atoms with van der Waals surface area (Å²) in [5.74, 6) is 1.72. The van der Waals surface area contributed by atoms with Gasteiger partial charge in [0.15, 0.2) is 32.4 Å². The molecule has 244 valence electrons. The van der Waals surface area contributed by atoms with Crippen LogP contribution in [0.3, 0.4) is 0 Å². The smallest absolute Gasteiger partial charge is 0.273 e. The lowest BCUT2D eigenvalue weighted by atomic mass is 10.2. The lowest BCUT2D eigenvalue weighted by Gasteiger charge is -2.36. The molecule has 0 spiro atoms. The molecular formula is C30H37N9O5S2. The number of anilines is 3. The molecule has 46 heavy (non-hydrogen) atoms. The lowest BCUT2D eigenvalue weighted by molar-refractivity contribution is -0.385. The molecular weight excluding hydrogens is 631 g/mol. The molecule has 4 aromatic rings. The first-order valence-corrected chi connectivity index (χ1v) is 17.1. The zero-order valence-electron chi connectivity index (χ0n) is 26.1. The topological polar surface area (TPSA) is 163 Å². The third-order valence-electron chi connectivity index (χ3n) is 7.44. The molecule has 0 amide bonds. The number of sulfone groups is 1. The van der Waals surface area contributed by atoms with Crippen LogP contribution in [0.15, 0.2) is 69.5 Å². The molecule has 16 heteroatoms. The summed E-state index contributed by atoms with van der Waals surface area (Å²) in [5, 5.41) is 22.3. The summed E-state index contributed by atoms with van der Waals surface area (Å²) in [6.07, 6.45) is 0. The number of benzene rings is 2. The zero-order chi connectivity index (χ0) is 32.8. The second-order valence-corrected chi connectivity index (χ2v) is 14.2. The molecule has 1 aliphatic rings. The quantitative estimate of drug-likeness (QED) is 0.120. The van der Waals surface area contributed by atoms with Crippen molar-refractivity contribution in [2.75, 3.05) is 70.7 Å². The van der Waals surface area contributed by atoms with E-state index in [1.165, 1.54) is 42.1 Å². The Bertz CT molecular complexity index is 1770. The maximum atomic E-state index is 13.2. The number of methoxy groups -OCH3 is 1. The Labute approximate surface area is 272 Å². The van der Waals surface area contributed by atoms with Crippen molar-refractivity contribution < 1.29 is 18.1 Å². The van der Waals surface area contributed by atoms with E-state index < -0.39 is 20.5 Å². The zero-order valence-corrected chi connectivity index (χ0v) is 27.8. The number of nitro benzene ring substituents is 1. The van der Waals surface area contributed by atoms with Gasteiger partial charge in [-0.1, -0.05) is 18.2 Å². The monoisotopic (exact) mass is 667 g/mol. The summed E-state index contributed by atoms with van der Waals surface area (Å²) in [5.41, 5.74) is 0.794. The average molecular weight is 668 g/mol. The van der Waals surface area contributed by atoms with Crippen LogP contribution >= 0.6 is 11.8 Å². The van der Waals surface area contributed by atoms with Crippen LogP contribution in [0.1, 0.15) is 11.3 Å². The van der Waals surface area contributed by atoms with E-state index in [0.29, 0.717) is 28.4 Å². The van der Waals surface area contributed by atoms with Crippen LogP contribution in [0.2, 0.25) is 0 Å². The van der Waals surface area contributed by atoms with Gasteiger partial charge in [-0.2, -0.15) is 5.10 Å². The van der Waals surface area contributed by atoms with E-state index in [0.717, 1.165) is 49.9 Å². The van der Waals surface area contributed by atoms with Crippen LogP contribution in [-0.4, -0.2) is 104 Å². The first-order chi connectivity index (χ1) is 22.0. The number of aryl methyl sites for hydroxylation is 1. The van der Waals surface area contributed by atoms with Crippen LogP contribution in [0.25, 0.3) is 0 Å². The van der Waals surface area contributed by atoms with Crippen molar-refractivity contribution >= 4 is 44.7 Å². The summed E-state index contributed by atoms with van der Waals surface area (Å²) in [6.45, 7) is 7.17. The maximum absolute atomic E-state index is 13.2. The number of likely N-dealkylation sites (N-methyl/N-ethyl adjacent to an activating group) is 1. The van der Waals surface area contributed by atoms with E-state index in [1.54, 1.807) is 25.3 Å². The Morgan fingerprint density at radius 2 is 1.80 bits per heavy atom. The molecule has 2 N–H and O–H groups in total. The molecule has 0 aliphatic carbocycles. The number of aromatic amines is 1. The highest BCUT2D eigenvalue weighted by atomic mass is 32.2. The third-order valence-corrected chi connectivity index (χ3v) is 10.00. The Kier molecular flexibility index (Phi) is 10.4. The second-order valence-electron chi connectivity index (χ2n) is 11.1. The SMILES string of the molecule is COc1c(Nc2cc(C)[nH]n2)nc(Sc2ccc(S(=O)(=O)Cc3ccccc3[N+](=O)[O-])cc2)nc1N1CCN(CCN(C)C)CC1. The van der Waals surface area contributed by atoms with Gasteiger partial charge in [-0.15, -0.1) is 0 Å². The molecule has 2 aromatic heterocycles. The van der Waals surface area contributed by atoms with Crippen molar-refractivity contribution in [3.63, 3.8) is 0 Å². The number of H-pyrrole nitrogens is 1. The van der Waals surface area contributed by atoms with Gasteiger partial charge in [0.05, 0.1) is 22.7 Å². The van der Waals surface area contributed by atoms with Crippen LogP contribution in [0.4, 0.5) is 23.1 Å². The molecule has 0 bridgehead atoms. The Hall–Kier alpha value is -4.25. The number of nitrogens with one attached hydrogen (secondary N) is 2. The maximum Gasteiger partial charge on any atom is 0.273 e. The fraction of sp³-hybridized carbons (Fsp3) is 0.367. The Balaban J connectivity index is 1.39. The van der Waals surface area contributed by atoms with E-state index >= 15 is 0 Å². The van der Waals surface area contributed by atoms with Gasteiger partial charge >= 0.3 is 0 Å². The number of aromatic nitrogens is 4. The normalized spacial score (nSPS) is 14.1. The standard InChI is InChI=1S/C30H37N9O5S2/c1-21-19-26(35-34-21)31-28-27(44-4)29(38-17-15-37(16-18-38)14-13-36(2)3)33-30(32-28)45-23-9-11-24(12-10-23)46(42,43)20-22-7-5-6-8-25(22)39(40)41/h5-12,19H,13-18,20H2,1-4H3,(H2,31,32,33,34,35). The van der Waals surface area contributed by atoms with E-state index in [-0.39, 0.29) is 16.1 Å². The highest BCUT2D eigenvalue weighted by Gasteiger charge is 2.26. The molecule has 0 atom stereocenters. The summed E-state index contributed by atoms with van der Waals surface area (Å²) < 4.78 is 32.2. The van der Waals surface area contributed by atoms with Crippen LogP contribution < -0.4 is 15.0 Å². The Morgan fingerprint density at radius 3 is 2.43 bits per heavy atom. The molecule has 14 nitrogen and oxygen atoms in total. The lowest BCUT2D eigenvalue weighted by Crippen LogP contribution is -2.48. The molecule has 2 aromatic carbocycles. The van der Waals surface area contributed by atoms with Crippen molar-refractivity contribution in [1.29, 1.82) is 0 Å². The molecule has 0 unspecified atom stereocenters. The number of piperazine rings is 1. The number of hydrogen-bond acceptors (Lipinski definition) is 13. The molecule has 3 heterocycles. The molecule has 0 saturated carbocycles. The van der Waals surface area contributed by atoms with E-state index in [2.05, 4.69) is 44.3 Å². The number of para-hydroxylation sites is 1. The van der Waals surface area contributed by atoms with Gasteiger partial charge in [0.25, 0.3) is 5.69 Å². The van der Waals surface area contributed by atoms with Gasteiger partial charge in [-0.05, 0) is 57.0 Å². The van der Waals surface area contributed by atoms with E-state index in [1.807, 2.05) is 13.0 Å². The average Bonchev–Trinajstić information content (AvgIpc) is 3.44. The fourth-order valence-corrected chi connectivity index (χ4v) is 7.12. The van der Waals surface area contributed by atoms with Gasteiger partial charge in [0.2, 0.25) is 5.75 Å². The van der Waals surface area contributed by atoms with E-state index in [9.17, 15) is 18.5 Å². The first-order valence-electron chi connectivity index (χ1n) is 14.6. The number of nitrogens with zero attached hydrogens (tertiary/aromatic N) is 7. The minimum absolute atomic E-state index is 0.0646. The van der Waals surface area contributed by atoms with Crippen LogP contribution in [-0.2, 0) is 15.6 Å². The largest absolute Gasteiger partial charge is 0.490 e. The molecule has 1 aliphatic heterocycles. The first kappa shape index (κ1) is 33.1. The van der Waals surface area contributed by atoms with Gasteiger partial charge in [-0.3, -0.25) is 20.1 Å². The summed E-state index contributed by atoms with van der Waals surface area (Å²) >= 11 is 1.28. The number of nitro groups is 1. The minimum Gasteiger partial charge on any atom is -0.490 e. The van der Waals surface area contributed by atoms with Gasteiger partial charge in [0.1, 0.15) is 0 Å². The highest BCUT2D eigenvalue weighted by Crippen LogP contribution is 2.38. The van der Waals surface area contributed by atoms with Crippen molar-refractivity contribution in [2.45, 2.75) is 27.6 Å². The van der Waals surface area contributed by atoms with Crippen molar-refractivity contribution in [2.24, 2.45) is 0 Å². The summed E-state index contributed by atoms with van der Waals surface area (Å²) in [6, 6.07) is 14.1. The van der Waals surface area contributed by atoms with Crippen LogP contribution in [0, 0.1) is 17.0 Å². The number of ether oxygens (including phenoxy) is 1. The predicted octanol–water partition coefficient (Wildman–Crippen LogP) is 3.98. The predicted molar refractivity (Wildman–Crippen MR) is 177 cm³/mol. The van der Waals surface area contributed by atoms with E-state index in [4.69, 9.17) is 14.7 Å². The molecule has 5 rings (SSSR count). The van der Waals surface area contributed by atoms with Gasteiger partial charge < -0.3 is 19.9 Å². The fourth-order valence-electron chi connectivity index (χ4n) is 5.00. The molecule has 0 radical (unpaired) electrons. The summed E-state index contributed by atoms with van der Waals surface area (Å²) in [4.78, 5) is 28.0. The molecule has 1 fully saturated rings. The minimum atomic E-state index is -3.84. The highest BCUT2D eigenvalue weighted by molar-refractivity contribution is 7.99. The van der Waals surface area contributed by atoms with Gasteiger partial charge in [0, 0.05) is 67.6 Å². The van der Waals surface area contributed by atoms with Gasteiger partial charge in [-0.25, -0.2) is 18.4 Å². The Morgan fingerprint density at radius 1 is 1.09 bits per heavy atom. The molecule has 1 saturated heterocycles. The number of rotatable bonds is 13. The van der Waals surface area contributed by atoms with Crippen molar-refractivity contribution in [1.82, 2.24) is 30.0 Å². The van der Waals surface area contributed by atoms with Crippen LogP contribution in [0.5, 0.6) is 5.75 Å². The van der Waals surface area contributed by atoms with Crippen molar-refractivity contribution in [3.8, 4) is 5.75 Å². The summed E-state index contributed by atoms with van der Waals surface area (Å²) in [7, 11) is 1.90. The third kappa shape index (κ3) is 8.12. The number of hydrogen-bond donors (Lipinski definition) is 2.